The lowest BCUT2D eigenvalue weighted by molar-refractivity contribution is -0.139. The molecule has 0 radical (unpaired) electrons. The highest BCUT2D eigenvalue weighted by Crippen LogP contribution is 2.36. The van der Waals surface area contributed by atoms with E-state index in [1.54, 1.807) is 13.2 Å². The molecule has 4 rings (SSSR count). The Morgan fingerprint density at radius 3 is 2.31 bits per heavy atom. The Hall–Kier alpha value is -3.14. The van der Waals surface area contributed by atoms with E-state index in [1.165, 1.54) is 6.07 Å². The maximum Gasteiger partial charge on any atom is 0.418 e. The maximum absolute atomic E-state index is 13.1. The van der Waals surface area contributed by atoms with Crippen LogP contribution in [0.15, 0.2) is 42.5 Å². The number of alkyl halides is 3. The SMILES string of the molecule is COc1ccc(N2CCN(C(=O)COC3CCC(Nc4ccc(N)c(C(F)(F)F)c4)CC3)CC2)cc1. The molecule has 2 aromatic carbocycles. The molecule has 36 heavy (non-hydrogen) atoms. The second-order valence-corrected chi connectivity index (χ2v) is 9.29. The second-order valence-electron chi connectivity index (χ2n) is 9.29. The van der Waals surface area contributed by atoms with Gasteiger partial charge in [0.05, 0.1) is 18.8 Å². The van der Waals surface area contributed by atoms with Crippen molar-refractivity contribution in [3.63, 3.8) is 0 Å². The van der Waals surface area contributed by atoms with E-state index in [-0.39, 0.29) is 30.3 Å². The molecule has 0 spiro atoms. The fourth-order valence-corrected chi connectivity index (χ4v) is 4.79. The van der Waals surface area contributed by atoms with Crippen LogP contribution in [0.25, 0.3) is 0 Å². The lowest BCUT2D eigenvalue weighted by Crippen LogP contribution is -2.50. The van der Waals surface area contributed by atoms with Crippen LogP contribution in [0.1, 0.15) is 31.2 Å². The molecule has 0 unspecified atom stereocenters. The molecule has 2 fully saturated rings. The van der Waals surface area contributed by atoms with Gasteiger partial charge in [0.25, 0.3) is 0 Å². The number of hydrogen-bond acceptors (Lipinski definition) is 6. The van der Waals surface area contributed by atoms with Crippen LogP contribution in [0.5, 0.6) is 5.75 Å². The number of halogens is 3. The van der Waals surface area contributed by atoms with Crippen LogP contribution in [-0.4, -0.2) is 62.8 Å². The maximum atomic E-state index is 13.1. The second kappa shape index (κ2) is 11.3. The lowest BCUT2D eigenvalue weighted by atomic mass is 9.92. The minimum atomic E-state index is -4.48. The van der Waals surface area contributed by atoms with Gasteiger partial charge < -0.3 is 30.3 Å². The van der Waals surface area contributed by atoms with E-state index < -0.39 is 11.7 Å². The Balaban J connectivity index is 1.17. The number of carbonyl (C=O) groups excluding carboxylic acids is 1. The van der Waals surface area contributed by atoms with Crippen LogP contribution in [0.3, 0.4) is 0 Å². The van der Waals surface area contributed by atoms with Gasteiger partial charge in [-0.2, -0.15) is 13.2 Å². The fraction of sp³-hybridized carbons (Fsp3) is 0.500. The standard InChI is InChI=1S/C26H33F3N4O3/c1-35-21-9-5-20(6-10-21)32-12-14-33(15-13-32)25(34)17-36-22-7-2-18(3-8-22)31-19-4-11-24(30)23(16-19)26(27,28)29/h4-6,9-11,16,18,22,31H,2-3,7-8,12-15,17,30H2,1H3. The summed E-state index contributed by atoms with van der Waals surface area (Å²) < 4.78 is 50.4. The van der Waals surface area contributed by atoms with Crippen molar-refractivity contribution in [3.8, 4) is 5.75 Å². The summed E-state index contributed by atoms with van der Waals surface area (Å²) in [7, 11) is 1.64. The third-order valence-electron chi connectivity index (χ3n) is 6.92. The van der Waals surface area contributed by atoms with Crippen LogP contribution in [0.2, 0.25) is 0 Å². The molecule has 1 saturated carbocycles. The Labute approximate surface area is 209 Å². The fourth-order valence-electron chi connectivity index (χ4n) is 4.79. The van der Waals surface area contributed by atoms with Crippen molar-refractivity contribution < 1.29 is 27.4 Å². The molecule has 1 saturated heterocycles. The monoisotopic (exact) mass is 506 g/mol. The van der Waals surface area contributed by atoms with Gasteiger partial charge in [0.1, 0.15) is 12.4 Å². The van der Waals surface area contributed by atoms with Crippen LogP contribution in [0.4, 0.5) is 30.2 Å². The highest BCUT2D eigenvalue weighted by atomic mass is 19.4. The van der Waals surface area contributed by atoms with E-state index in [2.05, 4.69) is 10.2 Å². The quantitative estimate of drug-likeness (QED) is 0.543. The normalized spacial score (nSPS) is 20.8. The average Bonchev–Trinajstić information content (AvgIpc) is 2.88. The zero-order chi connectivity index (χ0) is 25.7. The number of ether oxygens (including phenoxy) is 2. The van der Waals surface area contributed by atoms with Crippen LogP contribution >= 0.6 is 0 Å². The molecule has 10 heteroatoms. The van der Waals surface area contributed by atoms with Crippen molar-refractivity contribution in [2.75, 3.05) is 55.8 Å². The van der Waals surface area contributed by atoms with Gasteiger partial charge >= 0.3 is 6.18 Å². The van der Waals surface area contributed by atoms with Gasteiger partial charge in [0.15, 0.2) is 0 Å². The Morgan fingerprint density at radius 2 is 1.69 bits per heavy atom. The number of carbonyl (C=O) groups is 1. The number of amides is 1. The first kappa shape index (κ1) is 25.9. The van der Waals surface area contributed by atoms with Gasteiger partial charge in [0, 0.05) is 49.3 Å². The topological polar surface area (TPSA) is 80.1 Å². The predicted octanol–water partition coefficient (Wildman–Crippen LogP) is 4.38. The average molecular weight is 507 g/mol. The molecule has 196 valence electrons. The summed E-state index contributed by atoms with van der Waals surface area (Å²) in [6.07, 6.45) is -1.50. The number of methoxy groups -OCH3 is 1. The number of hydrogen-bond donors (Lipinski definition) is 2. The van der Waals surface area contributed by atoms with Crippen molar-refractivity contribution >= 4 is 23.0 Å². The summed E-state index contributed by atoms with van der Waals surface area (Å²) in [6.45, 7) is 2.86. The van der Waals surface area contributed by atoms with Crippen molar-refractivity contribution in [2.45, 2.75) is 44.0 Å². The summed E-state index contributed by atoms with van der Waals surface area (Å²) in [6, 6.07) is 11.9. The Morgan fingerprint density at radius 1 is 1.03 bits per heavy atom. The summed E-state index contributed by atoms with van der Waals surface area (Å²) >= 11 is 0. The molecular formula is C26H33F3N4O3. The molecule has 0 aromatic heterocycles. The number of benzene rings is 2. The van der Waals surface area contributed by atoms with Crippen LogP contribution in [0, 0.1) is 0 Å². The number of anilines is 3. The smallest absolute Gasteiger partial charge is 0.418 e. The Kier molecular flexibility index (Phi) is 8.13. The minimum Gasteiger partial charge on any atom is -0.497 e. The summed E-state index contributed by atoms with van der Waals surface area (Å²) in [4.78, 5) is 16.8. The molecule has 1 amide bonds. The third kappa shape index (κ3) is 6.54. The van der Waals surface area contributed by atoms with Gasteiger partial charge in [0.2, 0.25) is 5.91 Å². The first-order chi connectivity index (χ1) is 17.2. The van der Waals surface area contributed by atoms with E-state index in [9.17, 15) is 18.0 Å². The van der Waals surface area contributed by atoms with Crippen molar-refractivity contribution in [1.82, 2.24) is 4.90 Å². The summed E-state index contributed by atoms with van der Waals surface area (Å²) in [5.41, 5.74) is 5.89. The molecule has 1 aliphatic heterocycles. The zero-order valence-corrected chi connectivity index (χ0v) is 20.4. The number of nitrogens with one attached hydrogen (secondary N) is 1. The molecule has 7 nitrogen and oxygen atoms in total. The van der Waals surface area contributed by atoms with Crippen LogP contribution in [-0.2, 0) is 15.7 Å². The molecule has 0 atom stereocenters. The third-order valence-corrected chi connectivity index (χ3v) is 6.92. The van der Waals surface area contributed by atoms with Crippen molar-refractivity contribution in [2.24, 2.45) is 0 Å². The van der Waals surface area contributed by atoms with Crippen LogP contribution < -0.4 is 20.7 Å². The Bertz CT molecular complexity index is 1020. The number of nitrogen functional groups attached to an aromatic ring is 1. The zero-order valence-electron chi connectivity index (χ0n) is 20.4. The van der Waals surface area contributed by atoms with E-state index in [0.717, 1.165) is 56.3 Å². The molecule has 3 N–H and O–H groups in total. The summed E-state index contributed by atoms with van der Waals surface area (Å²) in [5, 5.41) is 3.18. The van der Waals surface area contributed by atoms with Gasteiger partial charge in [-0.25, -0.2) is 0 Å². The van der Waals surface area contributed by atoms with E-state index in [0.29, 0.717) is 18.8 Å². The highest BCUT2D eigenvalue weighted by Gasteiger charge is 2.33. The van der Waals surface area contributed by atoms with Gasteiger partial charge in [-0.3, -0.25) is 4.79 Å². The molecule has 1 heterocycles. The van der Waals surface area contributed by atoms with Gasteiger partial charge in [-0.05, 0) is 68.1 Å². The van der Waals surface area contributed by atoms with E-state index in [1.807, 2.05) is 29.2 Å². The molecular weight excluding hydrogens is 473 g/mol. The van der Waals surface area contributed by atoms with Crippen molar-refractivity contribution in [3.05, 3.63) is 48.0 Å². The minimum absolute atomic E-state index is 0.00816. The number of nitrogens with zero attached hydrogens (tertiary/aromatic N) is 2. The number of piperazine rings is 1. The molecule has 1 aliphatic carbocycles. The van der Waals surface area contributed by atoms with Gasteiger partial charge in [-0.15, -0.1) is 0 Å². The molecule has 2 aliphatic rings. The largest absolute Gasteiger partial charge is 0.497 e. The molecule has 2 aromatic rings. The van der Waals surface area contributed by atoms with Crippen molar-refractivity contribution in [1.29, 1.82) is 0 Å². The first-order valence-electron chi connectivity index (χ1n) is 12.2. The summed E-state index contributed by atoms with van der Waals surface area (Å²) in [5.74, 6) is 0.807. The number of rotatable bonds is 7. The van der Waals surface area contributed by atoms with E-state index in [4.69, 9.17) is 15.2 Å². The highest BCUT2D eigenvalue weighted by molar-refractivity contribution is 5.77. The van der Waals surface area contributed by atoms with E-state index >= 15 is 0 Å². The molecule has 0 bridgehead atoms. The van der Waals surface area contributed by atoms with Gasteiger partial charge in [-0.1, -0.05) is 0 Å². The number of nitrogens with two attached hydrogens (primary N) is 1. The predicted molar refractivity (Wildman–Crippen MR) is 133 cm³/mol. The first-order valence-corrected chi connectivity index (χ1v) is 12.2. The lowest BCUT2D eigenvalue weighted by Gasteiger charge is -2.36.